The molecule has 0 spiro atoms. The van der Waals surface area contributed by atoms with E-state index in [2.05, 4.69) is 15.2 Å². The van der Waals surface area contributed by atoms with Crippen molar-refractivity contribution in [2.75, 3.05) is 33.7 Å². The van der Waals surface area contributed by atoms with Gasteiger partial charge in [0.15, 0.2) is 0 Å². The third kappa shape index (κ3) is 3.65. The Kier molecular flexibility index (Phi) is 4.74. The molecule has 0 radical (unpaired) electrons. The van der Waals surface area contributed by atoms with Gasteiger partial charge < -0.3 is 10.2 Å². The molecular formula is C13H19ClN4O. The predicted molar refractivity (Wildman–Crippen MR) is 75.0 cm³/mol. The lowest BCUT2D eigenvalue weighted by Gasteiger charge is -2.36. The molecule has 1 aromatic rings. The fourth-order valence-electron chi connectivity index (χ4n) is 2.22. The van der Waals surface area contributed by atoms with Crippen molar-refractivity contribution >= 4 is 17.5 Å². The lowest BCUT2D eigenvalue weighted by atomic mass is 10.1. The molecule has 1 unspecified atom stereocenters. The molecule has 1 aliphatic rings. The molecule has 0 aromatic carbocycles. The Labute approximate surface area is 118 Å². The summed E-state index contributed by atoms with van der Waals surface area (Å²) in [5, 5.41) is 3.94. The highest BCUT2D eigenvalue weighted by Gasteiger charge is 2.29. The van der Waals surface area contributed by atoms with Crippen molar-refractivity contribution in [2.45, 2.75) is 12.6 Å². The first-order chi connectivity index (χ1) is 9.08. The average molecular weight is 283 g/mol. The number of pyridine rings is 1. The fraction of sp³-hybridized carbons (Fsp3) is 0.538. The van der Waals surface area contributed by atoms with E-state index < -0.39 is 0 Å². The maximum absolute atomic E-state index is 12.2. The summed E-state index contributed by atoms with van der Waals surface area (Å²) in [7, 11) is 3.57. The highest BCUT2D eigenvalue weighted by atomic mass is 35.5. The number of hydrogen-bond acceptors (Lipinski definition) is 4. The van der Waals surface area contributed by atoms with E-state index in [1.165, 1.54) is 0 Å². The van der Waals surface area contributed by atoms with Crippen LogP contribution in [0.4, 0.5) is 0 Å². The maximum atomic E-state index is 12.2. The molecule has 19 heavy (non-hydrogen) atoms. The standard InChI is InChI=1S/C13H19ClN4O/c1-17(2)13(19)12-8-15-5-6-18(12)9-11-7-10(14)3-4-16-11/h3-4,7,12,15H,5-6,8-9H2,1-2H3. The summed E-state index contributed by atoms with van der Waals surface area (Å²) in [4.78, 5) is 20.2. The largest absolute Gasteiger partial charge is 0.347 e. The van der Waals surface area contributed by atoms with Gasteiger partial charge in [-0.3, -0.25) is 14.7 Å². The van der Waals surface area contributed by atoms with Crippen molar-refractivity contribution in [3.05, 3.63) is 29.0 Å². The first-order valence-electron chi connectivity index (χ1n) is 6.34. The summed E-state index contributed by atoms with van der Waals surface area (Å²) in [5.41, 5.74) is 0.894. The zero-order chi connectivity index (χ0) is 13.8. The van der Waals surface area contributed by atoms with Crippen molar-refractivity contribution in [3.63, 3.8) is 0 Å². The lowest BCUT2D eigenvalue weighted by molar-refractivity contribution is -0.135. The van der Waals surface area contributed by atoms with Crippen LogP contribution < -0.4 is 5.32 Å². The number of nitrogens with one attached hydrogen (secondary N) is 1. The monoisotopic (exact) mass is 282 g/mol. The van der Waals surface area contributed by atoms with Gasteiger partial charge in [-0.15, -0.1) is 0 Å². The summed E-state index contributed by atoms with van der Waals surface area (Å²) in [6.45, 7) is 3.04. The van der Waals surface area contributed by atoms with Crippen LogP contribution in [0, 0.1) is 0 Å². The van der Waals surface area contributed by atoms with Crippen LogP contribution in [0.3, 0.4) is 0 Å². The quantitative estimate of drug-likeness (QED) is 0.882. The van der Waals surface area contributed by atoms with Crippen molar-refractivity contribution in [2.24, 2.45) is 0 Å². The zero-order valence-corrected chi connectivity index (χ0v) is 12.0. The molecule has 6 heteroatoms. The van der Waals surface area contributed by atoms with Gasteiger partial charge >= 0.3 is 0 Å². The third-order valence-corrected chi connectivity index (χ3v) is 3.46. The summed E-state index contributed by atoms with van der Waals surface area (Å²) < 4.78 is 0. The predicted octanol–water partition coefficient (Wildman–Crippen LogP) is 0.597. The number of likely N-dealkylation sites (N-methyl/N-ethyl adjacent to an activating group) is 1. The summed E-state index contributed by atoms with van der Waals surface area (Å²) in [5.74, 6) is 0.120. The van der Waals surface area contributed by atoms with Gasteiger partial charge in [-0.1, -0.05) is 11.6 Å². The van der Waals surface area contributed by atoms with Gasteiger partial charge in [0.2, 0.25) is 5.91 Å². The Hall–Kier alpha value is -1.17. The van der Waals surface area contributed by atoms with Crippen LogP contribution in [0.1, 0.15) is 5.69 Å². The first kappa shape index (κ1) is 14.2. The Bertz CT molecular complexity index is 452. The maximum Gasteiger partial charge on any atom is 0.240 e. The molecule has 1 aromatic heterocycles. The van der Waals surface area contributed by atoms with Crippen LogP contribution in [-0.2, 0) is 11.3 Å². The molecule has 1 fully saturated rings. The highest BCUT2D eigenvalue weighted by molar-refractivity contribution is 6.30. The average Bonchev–Trinajstić information content (AvgIpc) is 2.38. The lowest BCUT2D eigenvalue weighted by Crippen LogP contribution is -2.57. The summed E-state index contributed by atoms with van der Waals surface area (Å²) >= 11 is 5.97. The molecule has 1 atom stereocenters. The smallest absolute Gasteiger partial charge is 0.240 e. The molecule has 1 aliphatic heterocycles. The number of aromatic nitrogens is 1. The molecule has 0 bridgehead atoms. The number of hydrogen-bond donors (Lipinski definition) is 1. The molecule has 1 N–H and O–H groups in total. The van der Waals surface area contributed by atoms with E-state index in [0.29, 0.717) is 18.1 Å². The van der Waals surface area contributed by atoms with Crippen LogP contribution in [-0.4, -0.2) is 60.5 Å². The van der Waals surface area contributed by atoms with Crippen molar-refractivity contribution < 1.29 is 4.79 Å². The molecule has 5 nitrogen and oxygen atoms in total. The Balaban J connectivity index is 2.09. The normalized spacial score (nSPS) is 20.3. The molecule has 1 amide bonds. The molecule has 0 saturated carbocycles. The van der Waals surface area contributed by atoms with Crippen molar-refractivity contribution in [3.8, 4) is 0 Å². The minimum atomic E-state index is -0.135. The Morgan fingerprint density at radius 2 is 2.42 bits per heavy atom. The Morgan fingerprint density at radius 3 is 3.11 bits per heavy atom. The number of carbonyl (C=O) groups is 1. The van der Waals surface area contributed by atoms with Crippen LogP contribution in [0.15, 0.2) is 18.3 Å². The zero-order valence-electron chi connectivity index (χ0n) is 11.3. The van der Waals surface area contributed by atoms with Gasteiger partial charge in [0, 0.05) is 51.5 Å². The number of amides is 1. The number of nitrogens with zero attached hydrogens (tertiary/aromatic N) is 3. The van der Waals surface area contributed by atoms with Gasteiger partial charge in [-0.25, -0.2) is 0 Å². The van der Waals surface area contributed by atoms with E-state index >= 15 is 0 Å². The molecule has 2 rings (SSSR count). The van der Waals surface area contributed by atoms with Crippen LogP contribution >= 0.6 is 11.6 Å². The van der Waals surface area contributed by atoms with E-state index in [1.807, 2.05) is 6.07 Å². The van der Waals surface area contributed by atoms with Gasteiger partial charge in [0.05, 0.1) is 5.69 Å². The first-order valence-corrected chi connectivity index (χ1v) is 6.72. The summed E-state index contributed by atoms with van der Waals surface area (Å²) in [6.07, 6.45) is 1.70. The van der Waals surface area contributed by atoms with E-state index in [0.717, 1.165) is 18.8 Å². The fourth-order valence-corrected chi connectivity index (χ4v) is 2.40. The number of piperazine rings is 1. The second-order valence-electron chi connectivity index (χ2n) is 4.89. The van der Waals surface area contributed by atoms with Crippen LogP contribution in [0.25, 0.3) is 0 Å². The molecule has 104 valence electrons. The van der Waals surface area contributed by atoms with Gasteiger partial charge in [0.25, 0.3) is 0 Å². The van der Waals surface area contributed by atoms with E-state index in [1.54, 1.807) is 31.3 Å². The molecule has 1 saturated heterocycles. The molecular weight excluding hydrogens is 264 g/mol. The van der Waals surface area contributed by atoms with Crippen molar-refractivity contribution in [1.29, 1.82) is 0 Å². The Morgan fingerprint density at radius 1 is 1.63 bits per heavy atom. The summed E-state index contributed by atoms with van der Waals surface area (Å²) in [6, 6.07) is 3.47. The SMILES string of the molecule is CN(C)C(=O)C1CNCCN1Cc1cc(Cl)ccn1. The second kappa shape index (κ2) is 6.32. The van der Waals surface area contributed by atoms with E-state index in [9.17, 15) is 4.79 Å². The van der Waals surface area contributed by atoms with Crippen LogP contribution in [0.5, 0.6) is 0 Å². The topological polar surface area (TPSA) is 48.5 Å². The third-order valence-electron chi connectivity index (χ3n) is 3.22. The number of carbonyl (C=O) groups excluding carboxylic acids is 1. The van der Waals surface area contributed by atoms with E-state index in [-0.39, 0.29) is 11.9 Å². The van der Waals surface area contributed by atoms with E-state index in [4.69, 9.17) is 11.6 Å². The second-order valence-corrected chi connectivity index (χ2v) is 5.32. The van der Waals surface area contributed by atoms with Gasteiger partial charge in [-0.05, 0) is 12.1 Å². The minimum Gasteiger partial charge on any atom is -0.347 e. The van der Waals surface area contributed by atoms with Gasteiger partial charge in [-0.2, -0.15) is 0 Å². The molecule has 0 aliphatic carbocycles. The number of rotatable bonds is 3. The molecule has 2 heterocycles. The van der Waals surface area contributed by atoms with Gasteiger partial charge in [0.1, 0.15) is 6.04 Å². The minimum absolute atomic E-state index is 0.120. The highest BCUT2D eigenvalue weighted by Crippen LogP contribution is 2.13. The number of halogens is 1. The van der Waals surface area contributed by atoms with Crippen molar-refractivity contribution in [1.82, 2.24) is 20.1 Å². The van der Waals surface area contributed by atoms with Crippen LogP contribution in [0.2, 0.25) is 5.02 Å².